The molecule has 9 heteroatoms. The van der Waals surface area contributed by atoms with Gasteiger partial charge < -0.3 is 15.1 Å². The Labute approximate surface area is 199 Å². The Hall–Kier alpha value is -3.43. The average molecular weight is 483 g/mol. The minimum absolute atomic E-state index is 0.189. The molecule has 3 aromatic carbocycles. The zero-order valence-corrected chi connectivity index (χ0v) is 19.9. The lowest BCUT2D eigenvalue weighted by molar-refractivity contribution is 0.102. The van der Waals surface area contributed by atoms with Gasteiger partial charge in [-0.1, -0.05) is 12.1 Å². The first-order valence-electron chi connectivity index (χ1n) is 11.0. The lowest BCUT2D eigenvalue weighted by Crippen LogP contribution is -2.44. The van der Waals surface area contributed by atoms with Gasteiger partial charge in [0.15, 0.2) is 0 Å². The number of likely N-dealkylation sites (N-methyl/N-ethyl adjacent to an activating group) is 1. The number of carbonyl (C=O) groups is 1. The van der Waals surface area contributed by atoms with E-state index in [-0.39, 0.29) is 16.5 Å². The average Bonchev–Trinajstić information content (AvgIpc) is 2.82. The van der Waals surface area contributed by atoms with Crippen LogP contribution < -0.4 is 14.9 Å². The van der Waals surface area contributed by atoms with Crippen LogP contribution in [0.25, 0.3) is 0 Å². The Kier molecular flexibility index (Phi) is 6.85. The van der Waals surface area contributed by atoms with Gasteiger partial charge in [-0.3, -0.25) is 9.52 Å². The second kappa shape index (κ2) is 9.82. The number of piperazine rings is 1. The zero-order valence-electron chi connectivity index (χ0n) is 19.1. The number of nitrogens with zero attached hydrogens (tertiary/aromatic N) is 2. The van der Waals surface area contributed by atoms with Crippen LogP contribution in [0.2, 0.25) is 0 Å². The molecule has 1 saturated heterocycles. The predicted molar refractivity (Wildman–Crippen MR) is 132 cm³/mol. The molecule has 34 heavy (non-hydrogen) atoms. The van der Waals surface area contributed by atoms with Gasteiger partial charge in [0.25, 0.3) is 15.9 Å². The minimum atomic E-state index is -4.00. The summed E-state index contributed by atoms with van der Waals surface area (Å²) in [4.78, 5) is 17.2. The lowest BCUT2D eigenvalue weighted by Gasteiger charge is -2.34. The molecule has 0 unspecified atom stereocenters. The van der Waals surface area contributed by atoms with Crippen LogP contribution in [0.15, 0.2) is 71.6 Å². The molecule has 1 amide bonds. The summed E-state index contributed by atoms with van der Waals surface area (Å²) in [6, 6.07) is 17.5. The summed E-state index contributed by atoms with van der Waals surface area (Å²) < 4.78 is 41.5. The second-order valence-corrected chi connectivity index (χ2v) is 10.1. The van der Waals surface area contributed by atoms with Gasteiger partial charge in [-0.05, 0) is 74.1 Å². The number of carbonyl (C=O) groups excluding carboxylic acids is 1. The van der Waals surface area contributed by atoms with Gasteiger partial charge >= 0.3 is 0 Å². The molecule has 2 N–H and O–H groups in total. The fourth-order valence-electron chi connectivity index (χ4n) is 3.70. The molecule has 0 radical (unpaired) electrons. The van der Waals surface area contributed by atoms with Crippen LogP contribution in [0, 0.1) is 12.7 Å². The number of anilines is 3. The molecule has 178 valence electrons. The van der Waals surface area contributed by atoms with Gasteiger partial charge in [-0.25, -0.2) is 12.8 Å². The highest BCUT2D eigenvalue weighted by Crippen LogP contribution is 2.22. The molecule has 1 fully saturated rings. The summed E-state index contributed by atoms with van der Waals surface area (Å²) in [7, 11) is -1.89. The summed E-state index contributed by atoms with van der Waals surface area (Å²) in [5.41, 5.74) is 2.60. The van der Waals surface area contributed by atoms with E-state index in [1.54, 1.807) is 19.1 Å². The number of nitrogens with one attached hydrogen (secondary N) is 2. The first kappa shape index (κ1) is 23.7. The van der Waals surface area contributed by atoms with Gasteiger partial charge in [-0.15, -0.1) is 0 Å². The maximum Gasteiger partial charge on any atom is 0.261 e. The van der Waals surface area contributed by atoms with Crippen LogP contribution in [-0.4, -0.2) is 52.5 Å². The van der Waals surface area contributed by atoms with E-state index in [0.717, 1.165) is 37.9 Å². The van der Waals surface area contributed by atoms with Crippen molar-refractivity contribution in [1.82, 2.24) is 4.90 Å². The van der Waals surface area contributed by atoms with Crippen molar-refractivity contribution in [2.24, 2.45) is 0 Å². The van der Waals surface area contributed by atoms with Crippen LogP contribution >= 0.6 is 0 Å². The van der Waals surface area contributed by atoms with E-state index in [4.69, 9.17) is 0 Å². The SMILES string of the molecule is Cc1ccc(S(=O)(=O)Nc2cccc(C(=O)Nc3ccc(N4CCN(C)CC4)cc3)c2)cc1F. The number of hydrogen-bond acceptors (Lipinski definition) is 5. The summed E-state index contributed by atoms with van der Waals surface area (Å²) >= 11 is 0. The molecular weight excluding hydrogens is 455 g/mol. The van der Waals surface area contributed by atoms with Crippen molar-refractivity contribution in [2.75, 3.05) is 48.2 Å². The molecule has 0 aromatic heterocycles. The topological polar surface area (TPSA) is 81.7 Å². The molecule has 0 spiro atoms. The maximum absolute atomic E-state index is 13.8. The summed E-state index contributed by atoms with van der Waals surface area (Å²) in [5, 5.41) is 2.84. The van der Waals surface area contributed by atoms with Crippen LogP contribution in [0.1, 0.15) is 15.9 Å². The van der Waals surface area contributed by atoms with Crippen molar-refractivity contribution >= 4 is 33.0 Å². The van der Waals surface area contributed by atoms with Crippen LogP contribution in [-0.2, 0) is 10.0 Å². The van der Waals surface area contributed by atoms with Crippen LogP contribution in [0.4, 0.5) is 21.5 Å². The fraction of sp³-hybridized carbons (Fsp3) is 0.240. The number of halogens is 1. The molecule has 1 aliphatic rings. The molecule has 4 rings (SSSR count). The first-order chi connectivity index (χ1) is 16.2. The van der Waals surface area contributed by atoms with E-state index >= 15 is 0 Å². The number of sulfonamides is 1. The van der Waals surface area contributed by atoms with Crippen molar-refractivity contribution in [3.8, 4) is 0 Å². The number of benzene rings is 3. The maximum atomic E-state index is 13.8. The molecule has 1 heterocycles. The third-order valence-corrected chi connectivity index (χ3v) is 7.20. The van der Waals surface area contributed by atoms with E-state index in [0.29, 0.717) is 16.8 Å². The molecule has 0 saturated carbocycles. The molecule has 0 aliphatic carbocycles. The minimum Gasteiger partial charge on any atom is -0.369 e. The molecule has 0 atom stereocenters. The van der Waals surface area contributed by atoms with Crippen molar-refractivity contribution in [2.45, 2.75) is 11.8 Å². The monoisotopic (exact) mass is 482 g/mol. The highest BCUT2D eigenvalue weighted by Gasteiger charge is 2.17. The van der Waals surface area contributed by atoms with Crippen molar-refractivity contribution in [3.63, 3.8) is 0 Å². The van der Waals surface area contributed by atoms with Crippen molar-refractivity contribution in [1.29, 1.82) is 0 Å². The van der Waals surface area contributed by atoms with E-state index in [1.807, 2.05) is 24.3 Å². The van der Waals surface area contributed by atoms with Crippen molar-refractivity contribution in [3.05, 3.63) is 83.7 Å². The van der Waals surface area contributed by atoms with Gasteiger partial charge in [0.1, 0.15) is 5.82 Å². The third kappa shape index (κ3) is 5.55. The van der Waals surface area contributed by atoms with Crippen LogP contribution in [0.3, 0.4) is 0 Å². The first-order valence-corrected chi connectivity index (χ1v) is 12.4. The Morgan fingerprint density at radius 3 is 2.29 bits per heavy atom. The highest BCUT2D eigenvalue weighted by molar-refractivity contribution is 7.92. The number of rotatable bonds is 6. The second-order valence-electron chi connectivity index (χ2n) is 8.39. The van der Waals surface area contributed by atoms with E-state index in [9.17, 15) is 17.6 Å². The quantitative estimate of drug-likeness (QED) is 0.556. The van der Waals surface area contributed by atoms with E-state index < -0.39 is 15.8 Å². The van der Waals surface area contributed by atoms with Gasteiger partial charge in [0.2, 0.25) is 0 Å². The molecule has 0 bridgehead atoms. The third-order valence-electron chi connectivity index (χ3n) is 5.82. The fourth-order valence-corrected chi connectivity index (χ4v) is 4.76. The Bertz CT molecular complexity index is 1290. The Morgan fingerprint density at radius 2 is 1.62 bits per heavy atom. The van der Waals surface area contributed by atoms with E-state index in [2.05, 4.69) is 26.9 Å². The lowest BCUT2D eigenvalue weighted by atomic mass is 10.2. The number of hydrogen-bond donors (Lipinski definition) is 2. The molecule has 7 nitrogen and oxygen atoms in total. The standard InChI is InChI=1S/C25H27FN4O3S/c1-18-6-11-23(17-24(18)26)34(32,33)28-21-5-3-4-19(16-21)25(31)27-20-7-9-22(10-8-20)30-14-12-29(2)13-15-30/h3-11,16-17,28H,12-15H2,1-2H3,(H,27,31). The van der Waals surface area contributed by atoms with Gasteiger partial charge in [0.05, 0.1) is 4.90 Å². The van der Waals surface area contributed by atoms with Gasteiger partial charge in [0, 0.05) is 48.8 Å². The molecule has 3 aromatic rings. The largest absolute Gasteiger partial charge is 0.369 e. The van der Waals surface area contributed by atoms with Crippen molar-refractivity contribution < 1.29 is 17.6 Å². The predicted octanol–water partition coefficient (Wildman–Crippen LogP) is 3.94. The Balaban J connectivity index is 1.43. The number of aryl methyl sites for hydroxylation is 1. The summed E-state index contributed by atoms with van der Waals surface area (Å²) in [6.45, 7) is 5.50. The smallest absolute Gasteiger partial charge is 0.261 e. The van der Waals surface area contributed by atoms with Crippen LogP contribution in [0.5, 0.6) is 0 Å². The highest BCUT2D eigenvalue weighted by atomic mass is 32.2. The Morgan fingerprint density at radius 1 is 0.912 bits per heavy atom. The molecule has 1 aliphatic heterocycles. The zero-order chi connectivity index (χ0) is 24.3. The molecular formula is C25H27FN4O3S. The number of amides is 1. The summed E-state index contributed by atoms with van der Waals surface area (Å²) in [6.07, 6.45) is 0. The van der Waals surface area contributed by atoms with Gasteiger partial charge in [-0.2, -0.15) is 0 Å². The van der Waals surface area contributed by atoms with E-state index in [1.165, 1.54) is 24.3 Å². The normalized spacial score (nSPS) is 14.6. The summed E-state index contributed by atoms with van der Waals surface area (Å²) in [5.74, 6) is -0.968.